The number of halogens is 2. The highest BCUT2D eigenvalue weighted by molar-refractivity contribution is 5.48. The van der Waals surface area contributed by atoms with Crippen LogP contribution in [0.2, 0.25) is 0 Å². The van der Waals surface area contributed by atoms with Crippen molar-refractivity contribution >= 4 is 0 Å². The minimum absolute atomic E-state index is 0.115. The van der Waals surface area contributed by atoms with Gasteiger partial charge in [0.1, 0.15) is 23.7 Å². The summed E-state index contributed by atoms with van der Waals surface area (Å²) in [6.45, 7) is 0.998. The predicted molar refractivity (Wildman–Crippen MR) is 78.5 cm³/mol. The highest BCUT2D eigenvalue weighted by atomic mass is 19.3. The van der Waals surface area contributed by atoms with Crippen molar-refractivity contribution in [2.45, 2.75) is 45.1 Å². The van der Waals surface area contributed by atoms with Gasteiger partial charge in [0.25, 0.3) is 0 Å². The summed E-state index contributed by atoms with van der Waals surface area (Å²) in [5.74, 6) is 1.07. The van der Waals surface area contributed by atoms with Crippen LogP contribution in [-0.2, 0) is 6.61 Å². The van der Waals surface area contributed by atoms with Gasteiger partial charge in [0.2, 0.25) is 0 Å². The molecule has 23 heavy (non-hydrogen) atoms. The van der Waals surface area contributed by atoms with Crippen LogP contribution >= 0.6 is 0 Å². The van der Waals surface area contributed by atoms with E-state index < -0.39 is 18.3 Å². The topological polar surface area (TPSA) is 56.5 Å². The number of aliphatic hydroxyl groups is 1. The Morgan fingerprint density at radius 1 is 1.48 bits per heavy atom. The highest BCUT2D eigenvalue weighted by Gasteiger charge is 2.34. The third-order valence-electron chi connectivity index (χ3n) is 3.75. The Morgan fingerprint density at radius 2 is 2.26 bits per heavy atom. The first-order chi connectivity index (χ1) is 10.9. The molecule has 1 N–H and O–H groups in total. The smallest absolute Gasteiger partial charge is 0.320 e. The van der Waals surface area contributed by atoms with Gasteiger partial charge >= 0.3 is 6.55 Å². The number of aromatic nitrogens is 2. The Bertz CT molecular complexity index is 700. The number of nitrogens with zero attached hydrogens (tertiary/aromatic N) is 2. The zero-order valence-corrected chi connectivity index (χ0v) is 12.9. The number of benzene rings is 1. The largest absolute Gasteiger partial charge is 0.487 e. The summed E-state index contributed by atoms with van der Waals surface area (Å²) in [4.78, 5) is 3.87. The molecule has 0 saturated carbocycles. The van der Waals surface area contributed by atoms with Gasteiger partial charge in [0.05, 0.1) is 11.7 Å². The molecule has 1 unspecified atom stereocenters. The molecule has 124 valence electrons. The van der Waals surface area contributed by atoms with Crippen molar-refractivity contribution in [3.63, 3.8) is 0 Å². The molecule has 0 saturated heterocycles. The number of hydrogen-bond acceptors (Lipinski definition) is 4. The molecule has 2 heterocycles. The van der Waals surface area contributed by atoms with Crippen LogP contribution < -0.4 is 9.47 Å². The third kappa shape index (κ3) is 3.14. The standard InChI is InChI=1S/C16H18F2N2O3/c1-16(2)8-10(21)14-11(4-3-5-12(14)23-16)22-9-13-19-6-7-20(13)15(17)18/h3-7,10,15,21H,8-9H2,1-2H3. The second-order valence-electron chi connectivity index (χ2n) is 6.07. The van der Waals surface area contributed by atoms with Crippen molar-refractivity contribution in [2.24, 2.45) is 0 Å². The average molecular weight is 324 g/mol. The molecule has 2 aromatic rings. The number of imidazole rings is 1. The molecule has 0 bridgehead atoms. The van der Waals surface area contributed by atoms with Crippen LogP contribution in [0, 0.1) is 0 Å². The molecule has 3 rings (SSSR count). The first kappa shape index (κ1) is 15.7. The lowest BCUT2D eigenvalue weighted by Crippen LogP contribution is -2.35. The van der Waals surface area contributed by atoms with E-state index in [1.54, 1.807) is 18.2 Å². The number of hydrogen-bond donors (Lipinski definition) is 1. The second kappa shape index (κ2) is 5.81. The summed E-state index contributed by atoms with van der Waals surface area (Å²) in [7, 11) is 0. The third-order valence-corrected chi connectivity index (χ3v) is 3.75. The van der Waals surface area contributed by atoms with Crippen LogP contribution in [0.15, 0.2) is 30.6 Å². The molecule has 7 heteroatoms. The molecular weight excluding hydrogens is 306 g/mol. The lowest BCUT2D eigenvalue weighted by atomic mass is 9.91. The lowest BCUT2D eigenvalue weighted by Gasteiger charge is -2.36. The maximum atomic E-state index is 12.8. The summed E-state index contributed by atoms with van der Waals surface area (Å²) < 4.78 is 37.8. The molecule has 1 atom stereocenters. The van der Waals surface area contributed by atoms with E-state index >= 15 is 0 Å². The number of alkyl halides is 2. The normalized spacial score (nSPS) is 19.3. The Balaban J connectivity index is 1.83. The summed E-state index contributed by atoms with van der Waals surface area (Å²) in [6.07, 6.45) is 2.18. The molecule has 0 fully saturated rings. The molecule has 1 aromatic heterocycles. The average Bonchev–Trinajstić information content (AvgIpc) is 2.91. The minimum atomic E-state index is -2.67. The van der Waals surface area contributed by atoms with Crippen molar-refractivity contribution < 1.29 is 23.4 Å². The first-order valence-corrected chi connectivity index (χ1v) is 7.30. The molecule has 1 aliphatic rings. The Morgan fingerprint density at radius 3 is 3.00 bits per heavy atom. The number of aliphatic hydroxyl groups excluding tert-OH is 1. The van der Waals surface area contributed by atoms with Crippen LogP contribution in [0.25, 0.3) is 0 Å². The lowest BCUT2D eigenvalue weighted by molar-refractivity contribution is 0.00921. The highest BCUT2D eigenvalue weighted by Crippen LogP contribution is 2.44. The van der Waals surface area contributed by atoms with E-state index in [1.165, 1.54) is 12.4 Å². The van der Waals surface area contributed by atoms with Crippen molar-refractivity contribution in [1.29, 1.82) is 0 Å². The van der Waals surface area contributed by atoms with Gasteiger partial charge in [0.15, 0.2) is 5.82 Å². The van der Waals surface area contributed by atoms with Crippen LogP contribution in [0.3, 0.4) is 0 Å². The van der Waals surface area contributed by atoms with E-state index in [0.29, 0.717) is 23.5 Å². The summed E-state index contributed by atoms with van der Waals surface area (Å²) in [5.41, 5.74) is 0.0683. The minimum Gasteiger partial charge on any atom is -0.487 e. The number of fused-ring (bicyclic) bond motifs is 1. The van der Waals surface area contributed by atoms with E-state index in [9.17, 15) is 13.9 Å². The zero-order valence-electron chi connectivity index (χ0n) is 12.9. The van der Waals surface area contributed by atoms with Gasteiger partial charge in [-0.1, -0.05) is 6.07 Å². The zero-order chi connectivity index (χ0) is 16.6. The fourth-order valence-electron chi connectivity index (χ4n) is 2.75. The molecule has 0 spiro atoms. The Kier molecular flexibility index (Phi) is 3.97. The maximum absolute atomic E-state index is 12.8. The fraction of sp³-hybridized carbons (Fsp3) is 0.438. The molecule has 1 aliphatic heterocycles. The van der Waals surface area contributed by atoms with E-state index in [2.05, 4.69) is 4.98 Å². The maximum Gasteiger partial charge on any atom is 0.320 e. The van der Waals surface area contributed by atoms with Gasteiger partial charge in [-0.05, 0) is 26.0 Å². The predicted octanol–water partition coefficient (Wildman–Crippen LogP) is 3.45. The van der Waals surface area contributed by atoms with Crippen molar-refractivity contribution in [3.8, 4) is 11.5 Å². The van der Waals surface area contributed by atoms with Crippen molar-refractivity contribution in [1.82, 2.24) is 9.55 Å². The van der Waals surface area contributed by atoms with Gasteiger partial charge in [0, 0.05) is 18.8 Å². The van der Waals surface area contributed by atoms with Crippen molar-refractivity contribution in [2.75, 3.05) is 0 Å². The van der Waals surface area contributed by atoms with Crippen molar-refractivity contribution in [3.05, 3.63) is 42.0 Å². The van der Waals surface area contributed by atoms with E-state index in [-0.39, 0.29) is 12.4 Å². The molecule has 0 amide bonds. The summed E-state index contributed by atoms with van der Waals surface area (Å²) in [6, 6.07) is 5.17. The van der Waals surface area contributed by atoms with Gasteiger partial charge in [-0.25, -0.2) is 4.98 Å². The van der Waals surface area contributed by atoms with Gasteiger partial charge in [-0.3, -0.25) is 4.57 Å². The quantitative estimate of drug-likeness (QED) is 0.936. The van der Waals surface area contributed by atoms with Crippen LogP contribution in [0.1, 0.15) is 44.3 Å². The van der Waals surface area contributed by atoms with Crippen LogP contribution in [-0.4, -0.2) is 20.3 Å². The first-order valence-electron chi connectivity index (χ1n) is 7.30. The SMILES string of the molecule is CC1(C)CC(O)c2c(OCc3nccn3C(F)F)cccc2O1. The second-order valence-corrected chi connectivity index (χ2v) is 6.07. The number of rotatable bonds is 4. The number of ether oxygens (including phenoxy) is 2. The van der Waals surface area contributed by atoms with Gasteiger partial charge < -0.3 is 14.6 Å². The van der Waals surface area contributed by atoms with Crippen LogP contribution in [0.4, 0.5) is 8.78 Å². The summed E-state index contributed by atoms with van der Waals surface area (Å²) >= 11 is 0. The molecule has 5 nitrogen and oxygen atoms in total. The van der Waals surface area contributed by atoms with E-state index in [4.69, 9.17) is 9.47 Å². The van der Waals surface area contributed by atoms with Gasteiger partial charge in [-0.15, -0.1) is 0 Å². The molecule has 0 aliphatic carbocycles. The molecular formula is C16H18F2N2O3. The van der Waals surface area contributed by atoms with Gasteiger partial charge in [-0.2, -0.15) is 8.78 Å². The van der Waals surface area contributed by atoms with E-state index in [0.717, 1.165) is 4.57 Å². The summed E-state index contributed by atoms with van der Waals surface area (Å²) in [5, 5.41) is 10.4. The van der Waals surface area contributed by atoms with Crippen LogP contribution in [0.5, 0.6) is 11.5 Å². The Hall–Kier alpha value is -2.15. The molecule has 0 radical (unpaired) electrons. The Labute approximate surface area is 132 Å². The molecule has 1 aromatic carbocycles. The monoisotopic (exact) mass is 324 g/mol. The fourth-order valence-corrected chi connectivity index (χ4v) is 2.75. The van der Waals surface area contributed by atoms with E-state index in [1.807, 2.05) is 13.8 Å².